The lowest BCUT2D eigenvalue weighted by molar-refractivity contribution is -0.167. The maximum Gasteiger partial charge on any atom is 0.306 e. The lowest BCUT2D eigenvalue weighted by Gasteiger charge is -2.18. The van der Waals surface area contributed by atoms with Crippen molar-refractivity contribution in [3.8, 4) is 0 Å². The van der Waals surface area contributed by atoms with E-state index in [1.807, 2.05) is 60.8 Å². The first-order valence-corrected chi connectivity index (χ1v) is 26.1. The third-order valence-electron chi connectivity index (χ3n) is 10.6. The number of carbonyl (C=O) groups is 3. The molecule has 0 amide bonds. The summed E-state index contributed by atoms with van der Waals surface area (Å²) in [7, 11) is 0. The molecule has 0 heterocycles. The average Bonchev–Trinajstić information content (AvgIpc) is 3.30. The van der Waals surface area contributed by atoms with Gasteiger partial charge in [-0.2, -0.15) is 0 Å². The van der Waals surface area contributed by atoms with E-state index < -0.39 is 6.10 Å². The van der Waals surface area contributed by atoms with Gasteiger partial charge in [0.2, 0.25) is 0 Å². The third-order valence-corrected chi connectivity index (χ3v) is 10.6. The molecule has 0 saturated heterocycles. The van der Waals surface area contributed by atoms with Crippen molar-refractivity contribution >= 4 is 17.9 Å². The Labute approximate surface area is 399 Å². The zero-order valence-electron chi connectivity index (χ0n) is 41.7. The SMILES string of the molecule is CC\C=C/C=C\C=C/C=C\C=C\C=C/CCCCCC(=O)OC(COC(=O)CCCC/C=C\C/C=C\C/C=C\CC)COC(=O)CCCCCCC/C=C\CCCCCCCCCCC. The van der Waals surface area contributed by atoms with E-state index in [4.69, 9.17) is 14.2 Å². The predicted octanol–water partition coefficient (Wildman–Crippen LogP) is 17.3. The fourth-order valence-corrected chi connectivity index (χ4v) is 6.72. The van der Waals surface area contributed by atoms with Gasteiger partial charge in [-0.05, 0) is 96.3 Å². The predicted molar refractivity (Wildman–Crippen MR) is 279 cm³/mol. The van der Waals surface area contributed by atoms with Gasteiger partial charge in [0, 0.05) is 19.3 Å². The number of rotatable bonds is 45. The van der Waals surface area contributed by atoms with Crippen LogP contribution >= 0.6 is 0 Å². The van der Waals surface area contributed by atoms with Crippen LogP contribution in [0.2, 0.25) is 0 Å². The number of hydrogen-bond donors (Lipinski definition) is 0. The molecular weight excluding hydrogens is 805 g/mol. The molecule has 0 fully saturated rings. The fourth-order valence-electron chi connectivity index (χ4n) is 6.72. The minimum atomic E-state index is -0.823. The molecule has 0 aliphatic carbocycles. The van der Waals surface area contributed by atoms with Crippen molar-refractivity contribution in [2.75, 3.05) is 13.2 Å². The highest BCUT2D eigenvalue weighted by atomic mass is 16.6. The summed E-state index contributed by atoms with van der Waals surface area (Å²) in [6, 6.07) is 0. The van der Waals surface area contributed by atoms with Gasteiger partial charge in [-0.15, -0.1) is 0 Å². The molecule has 0 aromatic heterocycles. The number of allylic oxidation sites excluding steroid dienone is 20. The maximum atomic E-state index is 12.8. The van der Waals surface area contributed by atoms with Crippen molar-refractivity contribution in [3.05, 3.63) is 122 Å². The number of esters is 3. The quantitative estimate of drug-likeness (QED) is 0.0199. The zero-order valence-corrected chi connectivity index (χ0v) is 41.7. The number of ether oxygens (including phenoxy) is 3. The molecular formula is C59H94O6. The topological polar surface area (TPSA) is 78.9 Å². The Bertz CT molecular complexity index is 1400. The Kier molecular flexibility index (Phi) is 49.1. The van der Waals surface area contributed by atoms with Crippen molar-refractivity contribution in [2.24, 2.45) is 0 Å². The van der Waals surface area contributed by atoms with Crippen LogP contribution in [0.1, 0.15) is 213 Å². The van der Waals surface area contributed by atoms with Crippen LogP contribution in [-0.4, -0.2) is 37.2 Å². The van der Waals surface area contributed by atoms with Gasteiger partial charge in [-0.1, -0.05) is 219 Å². The molecule has 0 aliphatic rings. The van der Waals surface area contributed by atoms with Crippen LogP contribution in [0.5, 0.6) is 0 Å². The Hall–Kier alpha value is -4.19. The highest BCUT2D eigenvalue weighted by Gasteiger charge is 2.19. The lowest BCUT2D eigenvalue weighted by Crippen LogP contribution is -2.30. The summed E-state index contributed by atoms with van der Waals surface area (Å²) in [5.74, 6) is -1.02. The molecule has 0 aromatic carbocycles. The molecule has 0 aromatic rings. The lowest BCUT2D eigenvalue weighted by atomic mass is 10.1. The van der Waals surface area contributed by atoms with Crippen molar-refractivity contribution in [2.45, 2.75) is 219 Å². The maximum absolute atomic E-state index is 12.8. The summed E-state index contributed by atoms with van der Waals surface area (Å²) in [5.41, 5.74) is 0. The summed E-state index contributed by atoms with van der Waals surface area (Å²) in [4.78, 5) is 38.0. The van der Waals surface area contributed by atoms with Crippen molar-refractivity contribution in [1.82, 2.24) is 0 Å². The minimum absolute atomic E-state index is 0.116. The summed E-state index contributed by atoms with van der Waals surface area (Å²) in [6.45, 7) is 6.28. The highest BCUT2D eigenvalue weighted by molar-refractivity contribution is 5.71. The number of carbonyl (C=O) groups excluding carboxylic acids is 3. The monoisotopic (exact) mass is 899 g/mol. The zero-order chi connectivity index (χ0) is 47.2. The average molecular weight is 899 g/mol. The van der Waals surface area contributed by atoms with Crippen LogP contribution in [-0.2, 0) is 28.6 Å². The molecule has 0 saturated carbocycles. The van der Waals surface area contributed by atoms with E-state index in [0.717, 1.165) is 89.9 Å². The normalized spacial score (nSPS) is 13.1. The van der Waals surface area contributed by atoms with E-state index in [1.54, 1.807) is 0 Å². The van der Waals surface area contributed by atoms with Crippen LogP contribution < -0.4 is 0 Å². The van der Waals surface area contributed by atoms with Gasteiger partial charge in [-0.3, -0.25) is 14.4 Å². The van der Waals surface area contributed by atoms with E-state index in [0.29, 0.717) is 25.7 Å². The summed E-state index contributed by atoms with van der Waals surface area (Å²) >= 11 is 0. The fraction of sp³-hybridized carbons (Fsp3) is 0.610. The molecule has 0 aliphatic heterocycles. The van der Waals surface area contributed by atoms with Crippen molar-refractivity contribution in [3.63, 3.8) is 0 Å². The van der Waals surface area contributed by atoms with Gasteiger partial charge < -0.3 is 14.2 Å². The minimum Gasteiger partial charge on any atom is -0.462 e. The Morgan fingerprint density at radius 1 is 0.338 bits per heavy atom. The Morgan fingerprint density at radius 2 is 0.677 bits per heavy atom. The molecule has 1 unspecified atom stereocenters. The van der Waals surface area contributed by atoms with E-state index in [1.165, 1.54) is 70.6 Å². The molecule has 1 atom stereocenters. The van der Waals surface area contributed by atoms with Gasteiger partial charge in [0.15, 0.2) is 6.10 Å². The highest BCUT2D eigenvalue weighted by Crippen LogP contribution is 2.13. The first-order chi connectivity index (χ1) is 32.0. The van der Waals surface area contributed by atoms with E-state index >= 15 is 0 Å². The van der Waals surface area contributed by atoms with E-state index in [-0.39, 0.29) is 37.5 Å². The van der Waals surface area contributed by atoms with Crippen LogP contribution in [0.25, 0.3) is 0 Å². The number of hydrogen-bond acceptors (Lipinski definition) is 6. The van der Waals surface area contributed by atoms with Gasteiger partial charge in [0.1, 0.15) is 13.2 Å². The molecule has 0 bridgehead atoms. The second-order valence-corrected chi connectivity index (χ2v) is 16.8. The Balaban J connectivity index is 4.53. The molecule has 0 radical (unpaired) electrons. The largest absolute Gasteiger partial charge is 0.462 e. The standard InChI is InChI=1S/C59H94O6/c1-4-7-10-13-16-19-22-25-27-29-31-32-34-37-40-43-46-49-52-58(61)64-55-56(54-63-57(60)51-48-45-42-39-36-24-21-18-15-12-9-6-3)65-59(62)53-50-47-44-41-38-35-33-30-28-26-23-20-17-14-11-8-5-2/h8-9,11-12,14,17-18,20-21,23,26,28,30-33,35-36,38-39,56H,4-7,10,13,15-16,19,22,24-25,27,29,34,37,40-55H2,1-3H3/b11-8-,12-9-,17-14-,21-18-,23-20-,28-26-,32-31-,33-30+,38-35-,39-36-. The van der Waals surface area contributed by atoms with Gasteiger partial charge in [0.25, 0.3) is 0 Å². The van der Waals surface area contributed by atoms with E-state index in [9.17, 15) is 14.4 Å². The number of unbranched alkanes of at least 4 members (excludes halogenated alkanes) is 19. The molecule has 0 rings (SSSR count). The second kappa shape index (κ2) is 52.4. The molecule has 6 nitrogen and oxygen atoms in total. The first kappa shape index (κ1) is 60.8. The smallest absolute Gasteiger partial charge is 0.306 e. The summed E-state index contributed by atoms with van der Waals surface area (Å²) in [6.07, 6.45) is 71.9. The first-order valence-electron chi connectivity index (χ1n) is 26.1. The van der Waals surface area contributed by atoms with E-state index in [2.05, 4.69) is 81.5 Å². The van der Waals surface area contributed by atoms with Crippen molar-refractivity contribution in [1.29, 1.82) is 0 Å². The van der Waals surface area contributed by atoms with Crippen LogP contribution in [0, 0.1) is 0 Å². The second-order valence-electron chi connectivity index (χ2n) is 16.8. The van der Waals surface area contributed by atoms with Crippen LogP contribution in [0.3, 0.4) is 0 Å². The van der Waals surface area contributed by atoms with Crippen LogP contribution in [0.4, 0.5) is 0 Å². The van der Waals surface area contributed by atoms with Gasteiger partial charge in [0.05, 0.1) is 0 Å². The van der Waals surface area contributed by atoms with Crippen molar-refractivity contribution < 1.29 is 28.6 Å². The molecule has 65 heavy (non-hydrogen) atoms. The molecule has 366 valence electrons. The summed E-state index contributed by atoms with van der Waals surface area (Å²) in [5, 5.41) is 0. The van der Waals surface area contributed by atoms with Gasteiger partial charge >= 0.3 is 17.9 Å². The summed E-state index contributed by atoms with van der Waals surface area (Å²) < 4.78 is 16.7. The molecule has 6 heteroatoms. The van der Waals surface area contributed by atoms with Crippen LogP contribution in [0.15, 0.2) is 122 Å². The third kappa shape index (κ3) is 50.7. The van der Waals surface area contributed by atoms with Gasteiger partial charge in [-0.25, -0.2) is 0 Å². The molecule has 0 spiro atoms. The molecule has 0 N–H and O–H groups in total. The Morgan fingerprint density at radius 3 is 1.18 bits per heavy atom.